The quantitative estimate of drug-likeness (QED) is 0.107. The summed E-state index contributed by atoms with van der Waals surface area (Å²) in [5.41, 5.74) is -2.68. The zero-order valence-corrected chi connectivity index (χ0v) is 24.3. The van der Waals surface area contributed by atoms with Crippen molar-refractivity contribution in [3.8, 4) is 33.6 Å². The minimum Gasteiger partial charge on any atom is -0.459 e. The summed E-state index contributed by atoms with van der Waals surface area (Å²) in [5.74, 6) is -2.66. The largest absolute Gasteiger partial charge is 0.459 e. The summed E-state index contributed by atoms with van der Waals surface area (Å²) in [6.07, 6.45) is -9.75. The number of benzene rings is 3. The second-order valence-corrected chi connectivity index (χ2v) is 11.8. The van der Waals surface area contributed by atoms with Crippen LogP contribution in [-0.2, 0) is 24.7 Å². The Balaban J connectivity index is 1.62. The summed E-state index contributed by atoms with van der Waals surface area (Å²) in [5, 5.41) is 21.7. The summed E-state index contributed by atoms with van der Waals surface area (Å²) in [6.45, 7) is -0.586. The molecule has 230 valence electrons. The Labute approximate surface area is 259 Å². The molecular weight excluding hydrogens is 644 g/mol. The molecule has 13 heteroatoms. The topological polar surface area (TPSA) is 47.9 Å². The van der Waals surface area contributed by atoms with Gasteiger partial charge in [0.05, 0.1) is 21.6 Å². The van der Waals surface area contributed by atoms with Gasteiger partial charge >= 0.3 is 18.2 Å². The standard InChI is InChI=1S/C32H18F8N2OS2/c33-23-7-6-19(27(34)12-23)15-42-28(13-26(32(38,39)40)25(14-41)30(42)43)29-10-21(17-45-29)20-8-22(31(35,36)37)11-24(9-20)44-16-18-4-2-1-3-5-18/h1-13,17H,15-16H2/p+1. The molecule has 0 saturated heterocycles. The number of alkyl halides is 6. The van der Waals surface area contributed by atoms with Gasteiger partial charge in [-0.3, -0.25) is 0 Å². The minimum atomic E-state index is -5.07. The number of rotatable bonds is 7. The number of thioether (sulfide) groups is 1. The number of pyridine rings is 1. The van der Waals surface area contributed by atoms with Gasteiger partial charge in [-0.25, -0.2) is 8.78 Å². The Hall–Kier alpha value is -4.41. The SMILES string of the molecule is N#Cc1c(C(F)(F)F)cc(-c2cc(-c3cc(SCc4ccccc4)cc(C(F)(F)F)c3)cs2)[n+](Cc2ccc(F)cc2F)c1O. The van der Waals surface area contributed by atoms with Crippen LogP contribution in [0.2, 0.25) is 0 Å². The maximum Gasteiger partial charge on any atom is 0.418 e. The lowest BCUT2D eigenvalue weighted by Gasteiger charge is -2.13. The van der Waals surface area contributed by atoms with Crippen LogP contribution in [0, 0.1) is 23.0 Å². The molecule has 45 heavy (non-hydrogen) atoms. The first-order chi connectivity index (χ1) is 21.2. The number of aromatic nitrogens is 1. The fourth-order valence-corrected chi connectivity index (χ4v) is 6.44. The molecule has 0 aliphatic heterocycles. The minimum absolute atomic E-state index is 0.0775. The van der Waals surface area contributed by atoms with E-state index in [2.05, 4.69) is 0 Å². The van der Waals surface area contributed by atoms with Crippen molar-refractivity contribution in [3.63, 3.8) is 0 Å². The van der Waals surface area contributed by atoms with Crippen molar-refractivity contribution in [3.05, 3.63) is 124 Å². The molecule has 0 amide bonds. The smallest absolute Gasteiger partial charge is 0.418 e. The molecule has 0 aliphatic rings. The van der Waals surface area contributed by atoms with Gasteiger partial charge in [0.15, 0.2) is 12.1 Å². The number of aromatic hydroxyl groups is 1. The average Bonchev–Trinajstić information content (AvgIpc) is 3.48. The van der Waals surface area contributed by atoms with Gasteiger partial charge in [-0.15, -0.1) is 23.1 Å². The summed E-state index contributed by atoms with van der Waals surface area (Å²) in [6, 6.07) is 18.4. The van der Waals surface area contributed by atoms with Crippen molar-refractivity contribution in [1.29, 1.82) is 5.26 Å². The number of halogens is 8. The third kappa shape index (κ3) is 7.13. The van der Waals surface area contributed by atoms with Crippen LogP contribution in [0.1, 0.15) is 27.8 Å². The predicted octanol–water partition coefficient (Wildman–Crippen LogP) is 9.60. The molecule has 0 atom stereocenters. The molecule has 5 rings (SSSR count). The van der Waals surface area contributed by atoms with Crippen LogP contribution in [-0.4, -0.2) is 5.11 Å². The molecule has 0 aliphatic carbocycles. The highest BCUT2D eigenvalue weighted by Gasteiger charge is 2.41. The number of hydrogen-bond acceptors (Lipinski definition) is 4. The highest BCUT2D eigenvalue weighted by molar-refractivity contribution is 7.98. The fourth-order valence-electron chi connectivity index (χ4n) is 4.55. The summed E-state index contributed by atoms with van der Waals surface area (Å²) in [7, 11) is 0. The second-order valence-electron chi connectivity index (χ2n) is 9.79. The van der Waals surface area contributed by atoms with E-state index in [-0.39, 0.29) is 27.3 Å². The Morgan fingerprint density at radius 1 is 0.844 bits per heavy atom. The van der Waals surface area contributed by atoms with E-state index in [1.807, 2.05) is 30.3 Å². The zero-order valence-electron chi connectivity index (χ0n) is 22.7. The Bertz CT molecular complexity index is 1910. The van der Waals surface area contributed by atoms with Crippen LogP contribution in [0.15, 0.2) is 89.1 Å². The monoisotopic (exact) mass is 663 g/mol. The molecule has 0 bridgehead atoms. The van der Waals surface area contributed by atoms with Crippen molar-refractivity contribution in [2.75, 3.05) is 0 Å². The molecule has 0 unspecified atom stereocenters. The number of nitrogens with zero attached hydrogens (tertiary/aromatic N) is 2. The average molecular weight is 664 g/mol. The van der Waals surface area contributed by atoms with Crippen LogP contribution < -0.4 is 4.57 Å². The molecular formula is C32H19F8N2OS2+. The van der Waals surface area contributed by atoms with Gasteiger partial charge in [0.2, 0.25) is 5.69 Å². The molecule has 0 saturated carbocycles. The highest BCUT2D eigenvalue weighted by atomic mass is 32.2. The Kier molecular flexibility index (Phi) is 8.91. The summed E-state index contributed by atoms with van der Waals surface area (Å²) >= 11 is 2.06. The predicted molar refractivity (Wildman–Crippen MR) is 153 cm³/mol. The first-order valence-corrected chi connectivity index (χ1v) is 14.8. The lowest BCUT2D eigenvalue weighted by molar-refractivity contribution is -0.683. The molecule has 5 aromatic rings. The van der Waals surface area contributed by atoms with E-state index < -0.39 is 53.1 Å². The van der Waals surface area contributed by atoms with Crippen molar-refractivity contribution >= 4 is 23.1 Å². The molecule has 2 heterocycles. The van der Waals surface area contributed by atoms with Gasteiger partial charge in [-0.2, -0.15) is 36.2 Å². The zero-order chi connectivity index (χ0) is 32.5. The van der Waals surface area contributed by atoms with Gasteiger partial charge < -0.3 is 5.11 Å². The molecule has 0 fully saturated rings. The van der Waals surface area contributed by atoms with E-state index in [4.69, 9.17) is 0 Å². The third-order valence-corrected chi connectivity index (χ3v) is 8.75. The van der Waals surface area contributed by atoms with Gasteiger partial charge in [0.1, 0.15) is 17.7 Å². The summed E-state index contributed by atoms with van der Waals surface area (Å²) in [4.78, 5) is 0.391. The molecule has 2 aromatic heterocycles. The number of nitriles is 1. The van der Waals surface area contributed by atoms with E-state index >= 15 is 0 Å². The van der Waals surface area contributed by atoms with Crippen LogP contribution in [0.5, 0.6) is 5.88 Å². The van der Waals surface area contributed by atoms with Gasteiger partial charge in [0, 0.05) is 22.8 Å². The van der Waals surface area contributed by atoms with E-state index in [1.165, 1.54) is 35.3 Å². The van der Waals surface area contributed by atoms with Crippen LogP contribution >= 0.6 is 23.1 Å². The fraction of sp³-hybridized carbons (Fsp3) is 0.125. The van der Waals surface area contributed by atoms with Crippen LogP contribution in [0.4, 0.5) is 35.1 Å². The van der Waals surface area contributed by atoms with Gasteiger partial charge in [0.25, 0.3) is 0 Å². The normalized spacial score (nSPS) is 11.9. The second kappa shape index (κ2) is 12.5. The first kappa shape index (κ1) is 32.0. The van der Waals surface area contributed by atoms with Gasteiger partial charge in [-0.05, 0) is 58.5 Å². The maximum atomic E-state index is 14.6. The van der Waals surface area contributed by atoms with E-state index in [0.717, 1.165) is 45.7 Å². The third-order valence-electron chi connectivity index (χ3n) is 6.75. The molecule has 1 N–H and O–H groups in total. The van der Waals surface area contributed by atoms with Crippen molar-refractivity contribution in [1.82, 2.24) is 0 Å². The molecule has 0 spiro atoms. The summed E-state index contributed by atoms with van der Waals surface area (Å²) < 4.78 is 112. The van der Waals surface area contributed by atoms with Crippen molar-refractivity contribution in [2.45, 2.75) is 29.5 Å². The van der Waals surface area contributed by atoms with Crippen molar-refractivity contribution in [2.24, 2.45) is 0 Å². The lowest BCUT2D eigenvalue weighted by Crippen LogP contribution is -2.39. The number of thiophene rings is 1. The van der Waals surface area contributed by atoms with E-state index in [9.17, 15) is 45.5 Å². The molecule has 0 radical (unpaired) electrons. The lowest BCUT2D eigenvalue weighted by atomic mass is 10.0. The highest BCUT2D eigenvalue weighted by Crippen LogP contribution is 2.41. The first-order valence-electron chi connectivity index (χ1n) is 12.9. The van der Waals surface area contributed by atoms with Gasteiger partial charge in [-0.1, -0.05) is 30.3 Å². The number of hydrogen-bond donors (Lipinski definition) is 1. The van der Waals surface area contributed by atoms with E-state index in [1.54, 1.807) is 0 Å². The van der Waals surface area contributed by atoms with Crippen LogP contribution in [0.3, 0.4) is 0 Å². The van der Waals surface area contributed by atoms with Crippen molar-refractivity contribution < 1.29 is 44.8 Å². The van der Waals surface area contributed by atoms with E-state index in [0.29, 0.717) is 22.8 Å². The molecule has 3 nitrogen and oxygen atoms in total. The maximum absolute atomic E-state index is 14.6. The Morgan fingerprint density at radius 3 is 2.22 bits per heavy atom. The Morgan fingerprint density at radius 2 is 1.58 bits per heavy atom. The molecule has 3 aromatic carbocycles. The van der Waals surface area contributed by atoms with Crippen LogP contribution in [0.25, 0.3) is 21.7 Å².